The van der Waals surface area contributed by atoms with E-state index in [2.05, 4.69) is 4.98 Å². The predicted octanol–water partition coefficient (Wildman–Crippen LogP) is 1.62. The fourth-order valence-corrected chi connectivity index (χ4v) is 1.11. The molecule has 0 radical (unpaired) electrons. The highest BCUT2D eigenvalue weighted by atomic mass is 35.5. The molecule has 0 aliphatic carbocycles. The van der Waals surface area contributed by atoms with E-state index >= 15 is 0 Å². The zero-order valence-corrected chi connectivity index (χ0v) is 7.17. The minimum atomic E-state index is 0.148. The molecule has 2 nitrogen and oxygen atoms in total. The lowest BCUT2D eigenvalue weighted by molar-refractivity contribution is 0.737. The molecule has 2 N–H and O–H groups in total. The predicted molar refractivity (Wildman–Crippen MR) is 46.6 cm³/mol. The number of halogens is 1. The smallest absolute Gasteiger partial charge is 0.0621 e. The Balaban J connectivity index is 2.78. The minimum Gasteiger partial charge on any atom is -0.328 e. The molecule has 3 heteroatoms. The quantitative estimate of drug-likeness (QED) is 0.733. The Hall–Kier alpha value is -0.600. The summed E-state index contributed by atoms with van der Waals surface area (Å²) < 4.78 is 0. The van der Waals surface area contributed by atoms with E-state index in [0.29, 0.717) is 5.02 Å². The molecule has 0 unspecified atom stereocenters. The van der Waals surface area contributed by atoms with Gasteiger partial charge in [0.2, 0.25) is 0 Å². The van der Waals surface area contributed by atoms with Crippen LogP contribution in [-0.4, -0.2) is 11.0 Å². The highest BCUT2D eigenvalue weighted by Gasteiger charge is 2.01. The van der Waals surface area contributed by atoms with Crippen LogP contribution in [0, 0.1) is 0 Å². The van der Waals surface area contributed by atoms with Crippen LogP contribution < -0.4 is 5.73 Å². The normalized spacial score (nSPS) is 13.0. The molecule has 0 saturated heterocycles. The van der Waals surface area contributed by atoms with Crippen LogP contribution in [-0.2, 0) is 6.42 Å². The molecule has 0 aliphatic rings. The molecule has 11 heavy (non-hydrogen) atoms. The van der Waals surface area contributed by atoms with Gasteiger partial charge in [-0.2, -0.15) is 0 Å². The Morgan fingerprint density at radius 3 is 3.00 bits per heavy atom. The van der Waals surface area contributed by atoms with Crippen LogP contribution in [0.15, 0.2) is 18.5 Å². The molecular weight excluding hydrogens is 160 g/mol. The first-order valence-corrected chi connectivity index (χ1v) is 3.92. The molecule has 0 bridgehead atoms. The maximum atomic E-state index is 5.85. The van der Waals surface area contributed by atoms with Crippen molar-refractivity contribution in [1.82, 2.24) is 4.98 Å². The van der Waals surface area contributed by atoms with Crippen molar-refractivity contribution in [2.24, 2.45) is 5.73 Å². The van der Waals surface area contributed by atoms with Gasteiger partial charge >= 0.3 is 0 Å². The SMILES string of the molecule is C[C@H](N)Cc1ccncc1Cl. The van der Waals surface area contributed by atoms with Gasteiger partial charge in [0.15, 0.2) is 0 Å². The fraction of sp³-hybridized carbons (Fsp3) is 0.375. The summed E-state index contributed by atoms with van der Waals surface area (Å²) in [4.78, 5) is 3.88. The van der Waals surface area contributed by atoms with Gasteiger partial charge in [0.1, 0.15) is 0 Å². The first-order valence-electron chi connectivity index (χ1n) is 3.54. The molecule has 0 amide bonds. The molecule has 1 aromatic rings. The van der Waals surface area contributed by atoms with Gasteiger partial charge in [0, 0.05) is 18.4 Å². The average Bonchev–Trinajstić information content (AvgIpc) is 1.93. The van der Waals surface area contributed by atoms with E-state index in [0.717, 1.165) is 12.0 Å². The van der Waals surface area contributed by atoms with Crippen molar-refractivity contribution in [2.45, 2.75) is 19.4 Å². The Labute approximate surface area is 71.4 Å². The van der Waals surface area contributed by atoms with Crippen LogP contribution >= 0.6 is 11.6 Å². The summed E-state index contributed by atoms with van der Waals surface area (Å²) in [5.41, 5.74) is 6.68. The molecule has 60 valence electrons. The molecule has 1 rings (SSSR count). The zero-order valence-electron chi connectivity index (χ0n) is 6.42. The van der Waals surface area contributed by atoms with Gasteiger partial charge in [-0.1, -0.05) is 11.6 Å². The van der Waals surface area contributed by atoms with Crippen molar-refractivity contribution in [2.75, 3.05) is 0 Å². The Bertz CT molecular complexity index is 235. The summed E-state index contributed by atoms with van der Waals surface area (Å²) in [6.07, 6.45) is 4.17. The van der Waals surface area contributed by atoms with Crippen molar-refractivity contribution in [3.8, 4) is 0 Å². The third-order valence-electron chi connectivity index (χ3n) is 1.40. The van der Waals surface area contributed by atoms with Gasteiger partial charge in [-0.25, -0.2) is 0 Å². The zero-order chi connectivity index (χ0) is 8.27. The van der Waals surface area contributed by atoms with Crippen LogP contribution in [0.4, 0.5) is 0 Å². The Morgan fingerprint density at radius 1 is 1.73 bits per heavy atom. The number of nitrogens with two attached hydrogens (primary N) is 1. The summed E-state index contributed by atoms with van der Waals surface area (Å²) in [7, 11) is 0. The number of pyridine rings is 1. The maximum Gasteiger partial charge on any atom is 0.0621 e. The van der Waals surface area contributed by atoms with Gasteiger partial charge in [-0.05, 0) is 25.0 Å². The topological polar surface area (TPSA) is 38.9 Å². The maximum absolute atomic E-state index is 5.85. The molecule has 1 atom stereocenters. The Kier molecular flexibility index (Phi) is 2.85. The minimum absolute atomic E-state index is 0.148. The van der Waals surface area contributed by atoms with Gasteiger partial charge < -0.3 is 5.73 Å². The average molecular weight is 171 g/mol. The van der Waals surface area contributed by atoms with Gasteiger partial charge in [-0.3, -0.25) is 4.98 Å². The number of nitrogens with zero attached hydrogens (tertiary/aromatic N) is 1. The van der Waals surface area contributed by atoms with Crippen LogP contribution in [0.5, 0.6) is 0 Å². The van der Waals surface area contributed by atoms with Crippen molar-refractivity contribution >= 4 is 11.6 Å². The lowest BCUT2D eigenvalue weighted by Gasteiger charge is -2.05. The van der Waals surface area contributed by atoms with Crippen molar-refractivity contribution in [1.29, 1.82) is 0 Å². The van der Waals surface area contributed by atoms with Gasteiger partial charge in [-0.15, -0.1) is 0 Å². The van der Waals surface area contributed by atoms with E-state index in [-0.39, 0.29) is 6.04 Å². The van der Waals surface area contributed by atoms with Crippen LogP contribution in [0.3, 0.4) is 0 Å². The lowest BCUT2D eigenvalue weighted by Crippen LogP contribution is -2.17. The van der Waals surface area contributed by atoms with Crippen molar-refractivity contribution in [3.05, 3.63) is 29.0 Å². The molecule has 0 spiro atoms. The van der Waals surface area contributed by atoms with Crippen LogP contribution in [0.2, 0.25) is 5.02 Å². The number of hydrogen-bond acceptors (Lipinski definition) is 2. The molecule has 0 saturated carbocycles. The van der Waals surface area contributed by atoms with E-state index in [1.54, 1.807) is 12.4 Å². The summed E-state index contributed by atoms with van der Waals surface area (Å²) in [5.74, 6) is 0. The first-order chi connectivity index (χ1) is 5.20. The van der Waals surface area contributed by atoms with Crippen LogP contribution in [0.1, 0.15) is 12.5 Å². The lowest BCUT2D eigenvalue weighted by atomic mass is 10.1. The number of hydrogen-bond donors (Lipinski definition) is 1. The number of rotatable bonds is 2. The van der Waals surface area contributed by atoms with E-state index in [1.807, 2.05) is 13.0 Å². The van der Waals surface area contributed by atoms with E-state index in [9.17, 15) is 0 Å². The summed E-state index contributed by atoms with van der Waals surface area (Å²) >= 11 is 5.85. The second-order valence-electron chi connectivity index (χ2n) is 2.65. The molecule has 1 aromatic heterocycles. The molecule has 0 aromatic carbocycles. The summed E-state index contributed by atoms with van der Waals surface area (Å²) in [6.45, 7) is 1.96. The van der Waals surface area contributed by atoms with Crippen LogP contribution in [0.25, 0.3) is 0 Å². The highest BCUT2D eigenvalue weighted by molar-refractivity contribution is 6.31. The number of aromatic nitrogens is 1. The third kappa shape index (κ3) is 2.48. The van der Waals surface area contributed by atoms with E-state index in [1.165, 1.54) is 0 Å². The van der Waals surface area contributed by atoms with Crippen molar-refractivity contribution in [3.63, 3.8) is 0 Å². The second kappa shape index (κ2) is 3.69. The Morgan fingerprint density at radius 2 is 2.45 bits per heavy atom. The standard InChI is InChI=1S/C8H11ClN2/c1-6(10)4-7-2-3-11-5-8(7)9/h2-3,5-6H,4,10H2,1H3/t6-/m0/s1. The molecule has 0 fully saturated rings. The highest BCUT2D eigenvalue weighted by Crippen LogP contribution is 2.14. The first kappa shape index (κ1) is 8.50. The molecule has 0 aliphatic heterocycles. The monoisotopic (exact) mass is 170 g/mol. The van der Waals surface area contributed by atoms with E-state index < -0.39 is 0 Å². The summed E-state index contributed by atoms with van der Waals surface area (Å²) in [5, 5.41) is 0.699. The molecule has 1 heterocycles. The largest absolute Gasteiger partial charge is 0.328 e. The summed E-state index contributed by atoms with van der Waals surface area (Å²) in [6, 6.07) is 2.04. The molecular formula is C8H11ClN2. The van der Waals surface area contributed by atoms with Crippen molar-refractivity contribution < 1.29 is 0 Å². The second-order valence-corrected chi connectivity index (χ2v) is 3.06. The third-order valence-corrected chi connectivity index (χ3v) is 1.74. The fourth-order valence-electron chi connectivity index (χ4n) is 0.916. The van der Waals surface area contributed by atoms with Gasteiger partial charge in [0.05, 0.1) is 5.02 Å². The van der Waals surface area contributed by atoms with Gasteiger partial charge in [0.25, 0.3) is 0 Å². The van der Waals surface area contributed by atoms with E-state index in [4.69, 9.17) is 17.3 Å².